The van der Waals surface area contributed by atoms with Gasteiger partial charge in [0.05, 0.1) is 0 Å². The van der Waals surface area contributed by atoms with Gasteiger partial charge in [0.25, 0.3) is 0 Å². The molecule has 1 saturated carbocycles. The number of hydrogen-bond acceptors (Lipinski definition) is 3. The Bertz CT molecular complexity index is 436. The van der Waals surface area contributed by atoms with E-state index in [0.29, 0.717) is 5.69 Å². The minimum atomic E-state index is 0.500. The molecule has 1 N–H and O–H groups in total. The highest BCUT2D eigenvalue weighted by Crippen LogP contribution is 2.30. The predicted octanol–water partition coefficient (Wildman–Crippen LogP) is 3.26. The quantitative estimate of drug-likeness (QED) is 0.824. The lowest BCUT2D eigenvalue weighted by Crippen LogP contribution is -2.21. The van der Waals surface area contributed by atoms with E-state index in [2.05, 4.69) is 23.3 Å². The van der Waals surface area contributed by atoms with Crippen molar-refractivity contribution in [3.05, 3.63) is 29.6 Å². The van der Waals surface area contributed by atoms with E-state index in [0.717, 1.165) is 30.5 Å². The highest BCUT2D eigenvalue weighted by molar-refractivity contribution is 5.25. The van der Waals surface area contributed by atoms with Crippen LogP contribution in [0.5, 0.6) is 0 Å². The minimum absolute atomic E-state index is 0.500. The zero-order chi connectivity index (χ0) is 13.5. The first kappa shape index (κ1) is 14.0. The second kappa shape index (κ2) is 7.25. The molecule has 0 aliphatic heterocycles. The fraction of sp³-hybridized carbons (Fsp3) is 0.625. The van der Waals surface area contributed by atoms with Crippen molar-refractivity contribution in [1.82, 2.24) is 10.3 Å². The van der Waals surface area contributed by atoms with Crippen molar-refractivity contribution in [1.29, 1.82) is 5.26 Å². The lowest BCUT2D eigenvalue weighted by Gasteiger charge is -2.26. The number of aromatic nitrogens is 1. The lowest BCUT2D eigenvalue weighted by atomic mass is 9.81. The number of nitrogens with one attached hydrogen (secondary N) is 1. The summed E-state index contributed by atoms with van der Waals surface area (Å²) >= 11 is 0. The summed E-state index contributed by atoms with van der Waals surface area (Å²) < 4.78 is 0. The summed E-state index contributed by atoms with van der Waals surface area (Å²) in [5.74, 6) is 1.82. The Morgan fingerprint density at radius 3 is 3.16 bits per heavy atom. The number of nitrogens with zero attached hydrogens (tertiary/aromatic N) is 2. The van der Waals surface area contributed by atoms with E-state index >= 15 is 0 Å². The fourth-order valence-corrected chi connectivity index (χ4v) is 3.01. The molecule has 0 radical (unpaired) electrons. The molecule has 1 aromatic rings. The molecule has 1 heterocycles. The summed E-state index contributed by atoms with van der Waals surface area (Å²) in [5, 5.41) is 12.3. The third-order valence-corrected chi connectivity index (χ3v) is 4.04. The van der Waals surface area contributed by atoms with Gasteiger partial charge >= 0.3 is 0 Å². The second-order valence-corrected chi connectivity index (χ2v) is 5.76. The van der Waals surface area contributed by atoms with Gasteiger partial charge in [-0.05, 0) is 48.9 Å². The van der Waals surface area contributed by atoms with E-state index in [9.17, 15) is 0 Å². The van der Waals surface area contributed by atoms with Crippen LogP contribution < -0.4 is 5.32 Å². The Labute approximate surface area is 116 Å². The van der Waals surface area contributed by atoms with Crippen LogP contribution in [0.15, 0.2) is 18.3 Å². The average molecular weight is 257 g/mol. The van der Waals surface area contributed by atoms with Crippen LogP contribution in [0.3, 0.4) is 0 Å². The first-order chi connectivity index (χ1) is 9.28. The van der Waals surface area contributed by atoms with Crippen molar-refractivity contribution in [2.75, 3.05) is 6.54 Å². The molecule has 1 aromatic heterocycles. The van der Waals surface area contributed by atoms with Gasteiger partial charge in [0.15, 0.2) is 0 Å². The average Bonchev–Trinajstić information content (AvgIpc) is 2.44. The van der Waals surface area contributed by atoms with Crippen LogP contribution in [0, 0.1) is 23.2 Å². The molecule has 0 aromatic carbocycles. The maximum absolute atomic E-state index is 8.80. The molecule has 1 aliphatic rings. The van der Waals surface area contributed by atoms with Crippen LogP contribution in [0.4, 0.5) is 0 Å². The van der Waals surface area contributed by atoms with Gasteiger partial charge in [0.1, 0.15) is 11.8 Å². The minimum Gasteiger partial charge on any atom is -0.313 e. The van der Waals surface area contributed by atoms with Crippen molar-refractivity contribution in [2.24, 2.45) is 11.8 Å². The van der Waals surface area contributed by atoms with E-state index in [1.54, 1.807) is 6.20 Å². The van der Waals surface area contributed by atoms with Crippen LogP contribution in [-0.2, 0) is 6.54 Å². The molecule has 1 fully saturated rings. The number of hydrogen-bond donors (Lipinski definition) is 1. The first-order valence-corrected chi connectivity index (χ1v) is 7.33. The molecule has 0 spiro atoms. The van der Waals surface area contributed by atoms with Crippen molar-refractivity contribution >= 4 is 0 Å². The van der Waals surface area contributed by atoms with E-state index < -0.39 is 0 Å². The largest absolute Gasteiger partial charge is 0.313 e. The Hall–Kier alpha value is -1.40. The highest BCUT2D eigenvalue weighted by atomic mass is 14.8. The van der Waals surface area contributed by atoms with Gasteiger partial charge in [-0.25, -0.2) is 4.98 Å². The van der Waals surface area contributed by atoms with E-state index in [1.165, 1.54) is 32.1 Å². The van der Waals surface area contributed by atoms with Crippen molar-refractivity contribution in [3.8, 4) is 6.07 Å². The van der Waals surface area contributed by atoms with Crippen molar-refractivity contribution < 1.29 is 0 Å². The zero-order valence-electron chi connectivity index (χ0n) is 11.7. The molecule has 0 amide bonds. The first-order valence-electron chi connectivity index (χ1n) is 7.33. The maximum Gasteiger partial charge on any atom is 0.140 e. The Morgan fingerprint density at radius 1 is 1.47 bits per heavy atom. The lowest BCUT2D eigenvalue weighted by molar-refractivity contribution is 0.267. The van der Waals surface area contributed by atoms with E-state index in [-0.39, 0.29) is 0 Å². The van der Waals surface area contributed by atoms with Crippen molar-refractivity contribution in [3.63, 3.8) is 0 Å². The normalized spacial score (nSPS) is 22.9. The molecule has 2 atom stereocenters. The van der Waals surface area contributed by atoms with E-state index in [4.69, 9.17) is 5.26 Å². The predicted molar refractivity (Wildman–Crippen MR) is 76.4 cm³/mol. The monoisotopic (exact) mass is 257 g/mol. The zero-order valence-corrected chi connectivity index (χ0v) is 11.7. The SMILES string of the molecule is CC1CCCC(CCNCc2ccnc(C#N)c2)C1. The summed E-state index contributed by atoms with van der Waals surface area (Å²) in [6.45, 7) is 4.28. The standard InChI is InChI=1S/C16H23N3/c1-13-3-2-4-14(9-13)5-7-18-12-15-6-8-19-16(10-15)11-17/h6,8,10,13-14,18H,2-5,7,9,12H2,1H3. The highest BCUT2D eigenvalue weighted by Gasteiger charge is 2.17. The third kappa shape index (κ3) is 4.65. The van der Waals surface area contributed by atoms with Gasteiger partial charge in [-0.2, -0.15) is 5.26 Å². The summed E-state index contributed by atoms with van der Waals surface area (Å²) in [4.78, 5) is 3.98. The maximum atomic E-state index is 8.80. The molecular formula is C16H23N3. The van der Waals surface area contributed by atoms with Gasteiger partial charge in [-0.3, -0.25) is 0 Å². The summed E-state index contributed by atoms with van der Waals surface area (Å²) in [6.07, 6.45) is 8.61. The van der Waals surface area contributed by atoms with Gasteiger partial charge in [0, 0.05) is 12.7 Å². The smallest absolute Gasteiger partial charge is 0.140 e. The molecule has 1 aliphatic carbocycles. The summed E-state index contributed by atoms with van der Waals surface area (Å²) in [7, 11) is 0. The van der Waals surface area contributed by atoms with Crippen LogP contribution in [-0.4, -0.2) is 11.5 Å². The third-order valence-electron chi connectivity index (χ3n) is 4.04. The van der Waals surface area contributed by atoms with Gasteiger partial charge in [-0.1, -0.05) is 26.2 Å². The molecule has 0 bridgehead atoms. The van der Waals surface area contributed by atoms with Crippen LogP contribution in [0.1, 0.15) is 50.3 Å². The number of pyridine rings is 1. The Balaban J connectivity index is 1.67. The van der Waals surface area contributed by atoms with Gasteiger partial charge in [-0.15, -0.1) is 0 Å². The molecule has 2 unspecified atom stereocenters. The van der Waals surface area contributed by atoms with Crippen LogP contribution in [0.25, 0.3) is 0 Å². The Kier molecular flexibility index (Phi) is 5.35. The molecule has 0 saturated heterocycles. The molecule has 19 heavy (non-hydrogen) atoms. The fourth-order valence-electron chi connectivity index (χ4n) is 3.01. The van der Waals surface area contributed by atoms with Crippen LogP contribution in [0.2, 0.25) is 0 Å². The van der Waals surface area contributed by atoms with Gasteiger partial charge in [0.2, 0.25) is 0 Å². The Morgan fingerprint density at radius 2 is 2.37 bits per heavy atom. The summed E-state index contributed by atoms with van der Waals surface area (Å²) in [5.41, 5.74) is 1.64. The van der Waals surface area contributed by atoms with E-state index in [1.807, 2.05) is 12.1 Å². The molecule has 3 nitrogen and oxygen atoms in total. The summed E-state index contributed by atoms with van der Waals surface area (Å²) in [6, 6.07) is 5.90. The van der Waals surface area contributed by atoms with Crippen molar-refractivity contribution in [2.45, 2.75) is 45.6 Å². The topological polar surface area (TPSA) is 48.7 Å². The number of nitriles is 1. The second-order valence-electron chi connectivity index (χ2n) is 5.76. The number of rotatable bonds is 5. The molecule has 102 valence electrons. The molecular weight excluding hydrogens is 234 g/mol. The molecule has 3 heteroatoms. The molecule has 2 rings (SSSR count). The van der Waals surface area contributed by atoms with Gasteiger partial charge < -0.3 is 5.32 Å². The van der Waals surface area contributed by atoms with Crippen LogP contribution >= 0.6 is 0 Å².